The van der Waals surface area contributed by atoms with Gasteiger partial charge in [-0.1, -0.05) is 25.0 Å². The maximum Gasteiger partial charge on any atom is 0.222 e. The van der Waals surface area contributed by atoms with E-state index in [1.54, 1.807) is 18.2 Å². The molecule has 0 radical (unpaired) electrons. The standard InChI is InChI=1S/C26H31FN6O2/c1-18(15-32(2)3)13-24(34)33-11-10-20(16-33)31-26-21-14-19(30-25(21)28-17-29-26)7-6-12-35-23-9-5-4-8-22(23)27/h4-5,8-9,14,17-18,20H,10-13,15-16H2,1-3H3,(H2,28,29,30,31)/t18?,20-/m1/s1. The zero-order chi connectivity index (χ0) is 24.8. The SMILES string of the molecule is CC(CC(=O)N1CC[C@@H](Nc2ncnc3[nH]c(C#CCOc4ccccc4F)cc23)C1)CN(C)C. The fourth-order valence-electron chi connectivity index (χ4n) is 4.34. The van der Waals surface area contributed by atoms with Crippen LogP contribution in [0.15, 0.2) is 36.7 Å². The number of carbonyl (C=O) groups is 1. The van der Waals surface area contributed by atoms with Crippen LogP contribution in [0.25, 0.3) is 11.0 Å². The minimum Gasteiger partial charge on any atom is -0.478 e. The summed E-state index contributed by atoms with van der Waals surface area (Å²) in [5, 5.41) is 4.30. The summed E-state index contributed by atoms with van der Waals surface area (Å²) in [6, 6.07) is 8.24. The molecular weight excluding hydrogens is 447 g/mol. The number of hydrogen-bond acceptors (Lipinski definition) is 6. The molecule has 184 valence electrons. The number of aromatic nitrogens is 3. The Morgan fingerprint density at radius 3 is 3.00 bits per heavy atom. The first-order chi connectivity index (χ1) is 16.9. The second kappa shape index (κ2) is 11.2. The lowest BCUT2D eigenvalue weighted by Gasteiger charge is -2.21. The number of aromatic amines is 1. The molecule has 1 unspecified atom stereocenters. The van der Waals surface area contributed by atoms with Gasteiger partial charge >= 0.3 is 0 Å². The Bertz CT molecular complexity index is 1230. The summed E-state index contributed by atoms with van der Waals surface area (Å²) in [6.07, 6.45) is 2.92. The van der Waals surface area contributed by atoms with E-state index in [1.165, 1.54) is 12.4 Å². The first-order valence-electron chi connectivity index (χ1n) is 11.8. The number of fused-ring (bicyclic) bond motifs is 1. The summed E-state index contributed by atoms with van der Waals surface area (Å²) >= 11 is 0. The van der Waals surface area contributed by atoms with Crippen molar-refractivity contribution in [2.75, 3.05) is 45.7 Å². The van der Waals surface area contributed by atoms with Crippen LogP contribution in [0.1, 0.15) is 25.5 Å². The molecule has 0 aliphatic carbocycles. The maximum atomic E-state index is 13.6. The molecule has 8 nitrogen and oxygen atoms in total. The lowest BCUT2D eigenvalue weighted by Crippen LogP contribution is -2.34. The Balaban J connectivity index is 1.35. The Morgan fingerprint density at radius 1 is 1.37 bits per heavy atom. The predicted molar refractivity (Wildman–Crippen MR) is 134 cm³/mol. The second-order valence-corrected chi connectivity index (χ2v) is 9.23. The molecule has 2 atom stereocenters. The zero-order valence-electron chi connectivity index (χ0n) is 20.3. The van der Waals surface area contributed by atoms with Crippen molar-refractivity contribution >= 4 is 22.8 Å². The minimum atomic E-state index is -0.416. The van der Waals surface area contributed by atoms with Crippen LogP contribution in [0.3, 0.4) is 0 Å². The van der Waals surface area contributed by atoms with E-state index in [0.717, 1.165) is 24.9 Å². The number of rotatable bonds is 8. The van der Waals surface area contributed by atoms with E-state index in [2.05, 4.69) is 43.9 Å². The Kier molecular flexibility index (Phi) is 7.83. The van der Waals surface area contributed by atoms with Gasteiger partial charge in [-0.05, 0) is 50.6 Å². The average Bonchev–Trinajstić information content (AvgIpc) is 3.45. The molecule has 1 aliphatic rings. The van der Waals surface area contributed by atoms with Gasteiger partial charge in [0.05, 0.1) is 11.1 Å². The molecule has 0 spiro atoms. The molecule has 1 aromatic carbocycles. The molecular formula is C26H31FN6O2. The summed E-state index contributed by atoms with van der Waals surface area (Å²) in [7, 11) is 4.05. The van der Waals surface area contributed by atoms with Crippen LogP contribution >= 0.6 is 0 Å². The summed E-state index contributed by atoms with van der Waals surface area (Å²) in [5.74, 6) is 6.88. The molecule has 1 fully saturated rings. The molecule has 1 aliphatic heterocycles. The number of H-pyrrole nitrogens is 1. The van der Waals surface area contributed by atoms with Crippen molar-refractivity contribution in [2.24, 2.45) is 5.92 Å². The minimum absolute atomic E-state index is 0.0617. The van der Waals surface area contributed by atoms with Crippen LogP contribution in [0.4, 0.5) is 10.2 Å². The highest BCUT2D eigenvalue weighted by atomic mass is 19.1. The van der Waals surface area contributed by atoms with E-state index in [9.17, 15) is 9.18 Å². The first kappa shape index (κ1) is 24.5. The van der Waals surface area contributed by atoms with Crippen LogP contribution in [-0.2, 0) is 4.79 Å². The summed E-state index contributed by atoms with van der Waals surface area (Å²) in [6.45, 7) is 4.47. The van der Waals surface area contributed by atoms with Crippen LogP contribution in [0, 0.1) is 23.6 Å². The Labute approximate surface area is 204 Å². The van der Waals surface area contributed by atoms with Crippen molar-refractivity contribution < 1.29 is 13.9 Å². The van der Waals surface area contributed by atoms with Crippen molar-refractivity contribution in [3.05, 3.63) is 48.2 Å². The number of ether oxygens (including phenoxy) is 1. The lowest BCUT2D eigenvalue weighted by atomic mass is 10.1. The van der Waals surface area contributed by atoms with Crippen molar-refractivity contribution in [1.82, 2.24) is 24.8 Å². The number of para-hydroxylation sites is 1. The number of benzene rings is 1. The third kappa shape index (κ3) is 6.49. The van der Waals surface area contributed by atoms with Gasteiger partial charge in [0.25, 0.3) is 0 Å². The van der Waals surface area contributed by atoms with Crippen molar-refractivity contribution in [2.45, 2.75) is 25.8 Å². The number of anilines is 1. The third-order valence-electron chi connectivity index (χ3n) is 5.87. The smallest absolute Gasteiger partial charge is 0.222 e. The van der Waals surface area contributed by atoms with Crippen LogP contribution < -0.4 is 10.1 Å². The van der Waals surface area contributed by atoms with Crippen molar-refractivity contribution in [3.8, 4) is 17.6 Å². The van der Waals surface area contributed by atoms with E-state index in [0.29, 0.717) is 36.0 Å². The number of likely N-dealkylation sites (tertiary alicyclic amines) is 1. The number of carbonyl (C=O) groups excluding carboxylic acids is 1. The van der Waals surface area contributed by atoms with Gasteiger partial charge < -0.3 is 24.8 Å². The number of amides is 1. The molecule has 1 saturated heterocycles. The molecule has 2 N–H and O–H groups in total. The summed E-state index contributed by atoms with van der Waals surface area (Å²) in [5.41, 5.74) is 1.34. The molecule has 4 rings (SSSR count). The van der Waals surface area contributed by atoms with Gasteiger partial charge in [0.1, 0.15) is 24.4 Å². The predicted octanol–water partition coefficient (Wildman–Crippen LogP) is 3.13. The quantitative estimate of drug-likeness (QED) is 0.484. The van der Waals surface area contributed by atoms with Gasteiger partial charge in [-0.2, -0.15) is 0 Å². The number of nitrogens with zero attached hydrogens (tertiary/aromatic N) is 4. The van der Waals surface area contributed by atoms with Gasteiger partial charge in [0, 0.05) is 32.1 Å². The van der Waals surface area contributed by atoms with Crippen LogP contribution in [0.5, 0.6) is 5.75 Å². The highest BCUT2D eigenvalue weighted by Gasteiger charge is 2.27. The Hall–Kier alpha value is -3.64. The largest absolute Gasteiger partial charge is 0.478 e. The van der Waals surface area contributed by atoms with Gasteiger partial charge in [-0.3, -0.25) is 4.79 Å². The van der Waals surface area contributed by atoms with E-state index >= 15 is 0 Å². The van der Waals surface area contributed by atoms with E-state index in [4.69, 9.17) is 4.74 Å². The maximum absolute atomic E-state index is 13.6. The molecule has 3 heterocycles. The van der Waals surface area contributed by atoms with Crippen LogP contribution in [0.2, 0.25) is 0 Å². The van der Waals surface area contributed by atoms with Gasteiger partial charge in [0.2, 0.25) is 5.91 Å². The fraction of sp³-hybridized carbons (Fsp3) is 0.423. The normalized spacial score (nSPS) is 16.3. The monoisotopic (exact) mass is 478 g/mol. The molecule has 9 heteroatoms. The molecule has 2 aromatic heterocycles. The average molecular weight is 479 g/mol. The zero-order valence-corrected chi connectivity index (χ0v) is 20.3. The molecule has 0 saturated carbocycles. The highest BCUT2D eigenvalue weighted by Crippen LogP contribution is 2.23. The second-order valence-electron chi connectivity index (χ2n) is 9.23. The number of halogens is 1. The molecule has 1 amide bonds. The first-order valence-corrected chi connectivity index (χ1v) is 11.8. The van der Waals surface area contributed by atoms with E-state index in [-0.39, 0.29) is 24.3 Å². The van der Waals surface area contributed by atoms with Gasteiger partial charge in [0.15, 0.2) is 11.6 Å². The topological polar surface area (TPSA) is 86.4 Å². The van der Waals surface area contributed by atoms with E-state index in [1.807, 2.05) is 25.1 Å². The number of nitrogens with one attached hydrogen (secondary N) is 2. The third-order valence-corrected chi connectivity index (χ3v) is 5.87. The fourth-order valence-corrected chi connectivity index (χ4v) is 4.34. The van der Waals surface area contributed by atoms with Gasteiger partial charge in [-0.25, -0.2) is 14.4 Å². The lowest BCUT2D eigenvalue weighted by molar-refractivity contribution is -0.131. The van der Waals surface area contributed by atoms with Crippen molar-refractivity contribution in [1.29, 1.82) is 0 Å². The molecule has 35 heavy (non-hydrogen) atoms. The van der Waals surface area contributed by atoms with Crippen LogP contribution in [-0.4, -0.2) is 77.0 Å². The summed E-state index contributed by atoms with van der Waals surface area (Å²) < 4.78 is 19.0. The van der Waals surface area contributed by atoms with Crippen molar-refractivity contribution in [3.63, 3.8) is 0 Å². The summed E-state index contributed by atoms with van der Waals surface area (Å²) in [4.78, 5) is 28.6. The van der Waals surface area contributed by atoms with Gasteiger partial charge in [-0.15, -0.1) is 0 Å². The molecule has 0 bridgehead atoms. The van der Waals surface area contributed by atoms with E-state index < -0.39 is 5.82 Å². The number of hydrogen-bond donors (Lipinski definition) is 2. The Morgan fingerprint density at radius 2 is 2.20 bits per heavy atom. The highest BCUT2D eigenvalue weighted by molar-refractivity contribution is 5.88. The molecule has 3 aromatic rings.